The van der Waals surface area contributed by atoms with E-state index in [9.17, 15) is 9.59 Å². The molecule has 3 N–H and O–H groups in total. The monoisotopic (exact) mass is 221 g/mol. The van der Waals surface area contributed by atoms with Crippen LogP contribution in [-0.4, -0.2) is 34.8 Å². The minimum atomic E-state index is -0.316. The van der Waals surface area contributed by atoms with Crippen LogP contribution in [0.15, 0.2) is 18.3 Å². The fraction of sp³-hybridized carbons (Fsp3) is 0.455. The van der Waals surface area contributed by atoms with Crippen LogP contribution in [0.2, 0.25) is 0 Å². The average Bonchev–Trinajstić information content (AvgIpc) is 2.81. The second-order valence-electron chi connectivity index (χ2n) is 4.08. The molecular formula is C11H15N3O2. The summed E-state index contributed by atoms with van der Waals surface area (Å²) in [6.07, 6.45) is 3.33. The van der Waals surface area contributed by atoms with Gasteiger partial charge in [0.15, 0.2) is 0 Å². The summed E-state index contributed by atoms with van der Waals surface area (Å²) in [5.74, 6) is -0.576. The Labute approximate surface area is 93.6 Å². The molecular weight excluding hydrogens is 206 g/mol. The number of hydrogen-bond acceptors (Lipinski definition) is 2. The van der Waals surface area contributed by atoms with Crippen molar-refractivity contribution in [1.82, 2.24) is 9.88 Å². The predicted octanol–water partition coefficient (Wildman–Crippen LogP) is 0.352. The molecule has 5 nitrogen and oxygen atoms in total. The molecule has 0 saturated carbocycles. The lowest BCUT2D eigenvalue weighted by atomic mass is 9.97. The summed E-state index contributed by atoms with van der Waals surface area (Å²) in [7, 11) is 0. The Hall–Kier alpha value is -1.78. The molecule has 1 aliphatic heterocycles. The van der Waals surface area contributed by atoms with Crippen molar-refractivity contribution in [3.05, 3.63) is 24.0 Å². The van der Waals surface area contributed by atoms with Crippen LogP contribution in [0.3, 0.4) is 0 Å². The molecule has 0 bridgehead atoms. The quantitative estimate of drug-likeness (QED) is 0.755. The maximum Gasteiger partial charge on any atom is 0.270 e. The summed E-state index contributed by atoms with van der Waals surface area (Å²) in [4.78, 5) is 27.6. The summed E-state index contributed by atoms with van der Waals surface area (Å²) in [5.41, 5.74) is 5.82. The van der Waals surface area contributed by atoms with E-state index in [4.69, 9.17) is 5.73 Å². The molecule has 2 amide bonds. The molecule has 0 aliphatic carbocycles. The molecule has 1 atom stereocenters. The first-order chi connectivity index (χ1) is 7.68. The smallest absolute Gasteiger partial charge is 0.270 e. The van der Waals surface area contributed by atoms with E-state index in [0.717, 1.165) is 12.8 Å². The van der Waals surface area contributed by atoms with Crippen LogP contribution in [-0.2, 0) is 4.79 Å². The Morgan fingerprint density at radius 2 is 2.31 bits per heavy atom. The van der Waals surface area contributed by atoms with Crippen molar-refractivity contribution in [3.8, 4) is 0 Å². The number of amides is 2. The highest BCUT2D eigenvalue weighted by Gasteiger charge is 2.27. The molecule has 1 unspecified atom stereocenters. The number of nitrogens with one attached hydrogen (secondary N) is 1. The van der Waals surface area contributed by atoms with E-state index in [1.54, 1.807) is 23.2 Å². The van der Waals surface area contributed by atoms with Gasteiger partial charge in [0.05, 0.1) is 5.92 Å². The number of H-pyrrole nitrogens is 1. The van der Waals surface area contributed by atoms with Crippen LogP contribution >= 0.6 is 0 Å². The van der Waals surface area contributed by atoms with Crippen molar-refractivity contribution in [3.63, 3.8) is 0 Å². The van der Waals surface area contributed by atoms with Crippen LogP contribution in [0.4, 0.5) is 0 Å². The van der Waals surface area contributed by atoms with Gasteiger partial charge in [-0.25, -0.2) is 0 Å². The molecule has 2 heterocycles. The minimum absolute atomic E-state index is 0.0593. The van der Waals surface area contributed by atoms with E-state index >= 15 is 0 Å². The summed E-state index contributed by atoms with van der Waals surface area (Å²) in [6, 6.07) is 3.51. The first kappa shape index (κ1) is 10.7. The van der Waals surface area contributed by atoms with Crippen molar-refractivity contribution in [2.45, 2.75) is 12.8 Å². The van der Waals surface area contributed by atoms with Crippen molar-refractivity contribution in [2.75, 3.05) is 13.1 Å². The predicted molar refractivity (Wildman–Crippen MR) is 58.6 cm³/mol. The fourth-order valence-electron chi connectivity index (χ4n) is 2.03. The van der Waals surface area contributed by atoms with Crippen molar-refractivity contribution < 1.29 is 9.59 Å². The highest BCUT2D eigenvalue weighted by Crippen LogP contribution is 2.17. The van der Waals surface area contributed by atoms with Crippen LogP contribution in [0.1, 0.15) is 23.3 Å². The van der Waals surface area contributed by atoms with E-state index < -0.39 is 0 Å². The standard InChI is InChI=1S/C11H15N3O2/c12-10(15)8-3-2-6-14(7-8)11(16)9-4-1-5-13-9/h1,4-5,8,13H,2-3,6-7H2,(H2,12,15). The number of primary amides is 1. The van der Waals surface area contributed by atoms with Gasteiger partial charge in [-0.3, -0.25) is 9.59 Å². The lowest BCUT2D eigenvalue weighted by Gasteiger charge is -2.30. The number of aromatic amines is 1. The highest BCUT2D eigenvalue weighted by molar-refractivity contribution is 5.93. The van der Waals surface area contributed by atoms with Gasteiger partial charge in [-0.2, -0.15) is 0 Å². The molecule has 0 radical (unpaired) electrons. The van der Waals surface area contributed by atoms with E-state index in [1.807, 2.05) is 0 Å². The molecule has 2 rings (SSSR count). The van der Waals surface area contributed by atoms with Gasteiger partial charge in [-0.1, -0.05) is 0 Å². The normalized spacial score (nSPS) is 20.8. The number of nitrogens with two attached hydrogens (primary N) is 1. The lowest BCUT2D eigenvalue weighted by molar-refractivity contribution is -0.123. The minimum Gasteiger partial charge on any atom is -0.369 e. The maximum absolute atomic E-state index is 12.0. The van der Waals surface area contributed by atoms with Gasteiger partial charge in [0, 0.05) is 19.3 Å². The Morgan fingerprint density at radius 3 is 2.94 bits per heavy atom. The van der Waals surface area contributed by atoms with Gasteiger partial charge in [0.2, 0.25) is 5.91 Å². The molecule has 1 saturated heterocycles. The Morgan fingerprint density at radius 1 is 1.50 bits per heavy atom. The molecule has 5 heteroatoms. The molecule has 1 aromatic rings. The topological polar surface area (TPSA) is 79.2 Å². The van der Waals surface area contributed by atoms with Crippen molar-refractivity contribution in [1.29, 1.82) is 0 Å². The average molecular weight is 221 g/mol. The SMILES string of the molecule is NC(=O)C1CCCN(C(=O)c2ccc[nH]2)C1. The summed E-state index contributed by atoms with van der Waals surface area (Å²) < 4.78 is 0. The number of piperidine rings is 1. The van der Waals surface area contributed by atoms with E-state index in [-0.39, 0.29) is 17.7 Å². The first-order valence-electron chi connectivity index (χ1n) is 5.40. The molecule has 1 aliphatic rings. The number of nitrogens with zero attached hydrogens (tertiary/aromatic N) is 1. The zero-order valence-electron chi connectivity index (χ0n) is 8.98. The van der Waals surface area contributed by atoms with Gasteiger partial charge in [0.25, 0.3) is 5.91 Å². The van der Waals surface area contributed by atoms with Crippen LogP contribution in [0, 0.1) is 5.92 Å². The Bertz CT molecular complexity index is 386. The van der Waals surface area contributed by atoms with Gasteiger partial charge in [-0.05, 0) is 25.0 Å². The van der Waals surface area contributed by atoms with Gasteiger partial charge in [-0.15, -0.1) is 0 Å². The summed E-state index contributed by atoms with van der Waals surface area (Å²) in [5, 5.41) is 0. The van der Waals surface area contributed by atoms with E-state index in [2.05, 4.69) is 4.98 Å². The van der Waals surface area contributed by atoms with Crippen molar-refractivity contribution >= 4 is 11.8 Å². The molecule has 0 spiro atoms. The molecule has 1 fully saturated rings. The van der Waals surface area contributed by atoms with Crippen molar-refractivity contribution in [2.24, 2.45) is 11.7 Å². The molecule has 1 aromatic heterocycles. The third-order valence-electron chi connectivity index (χ3n) is 2.94. The number of carbonyl (C=O) groups excluding carboxylic acids is 2. The zero-order valence-corrected chi connectivity index (χ0v) is 8.98. The van der Waals surface area contributed by atoms with Crippen LogP contribution in [0.5, 0.6) is 0 Å². The maximum atomic E-state index is 12.0. The number of likely N-dealkylation sites (tertiary alicyclic amines) is 1. The molecule has 86 valence electrons. The molecule has 16 heavy (non-hydrogen) atoms. The zero-order chi connectivity index (χ0) is 11.5. The van der Waals surface area contributed by atoms with Gasteiger partial charge >= 0.3 is 0 Å². The highest BCUT2D eigenvalue weighted by atomic mass is 16.2. The largest absolute Gasteiger partial charge is 0.369 e. The van der Waals surface area contributed by atoms with Gasteiger partial charge < -0.3 is 15.6 Å². The Kier molecular flexibility index (Phi) is 2.94. The number of hydrogen-bond donors (Lipinski definition) is 2. The lowest BCUT2D eigenvalue weighted by Crippen LogP contribution is -2.44. The first-order valence-corrected chi connectivity index (χ1v) is 5.40. The fourth-order valence-corrected chi connectivity index (χ4v) is 2.03. The second-order valence-corrected chi connectivity index (χ2v) is 4.08. The second kappa shape index (κ2) is 4.38. The summed E-state index contributed by atoms with van der Waals surface area (Å²) in [6.45, 7) is 1.13. The summed E-state index contributed by atoms with van der Waals surface area (Å²) >= 11 is 0. The third kappa shape index (κ3) is 2.08. The van der Waals surface area contributed by atoms with E-state index in [1.165, 1.54) is 0 Å². The van der Waals surface area contributed by atoms with Crippen LogP contribution < -0.4 is 5.73 Å². The number of carbonyl (C=O) groups is 2. The Balaban J connectivity index is 2.05. The third-order valence-corrected chi connectivity index (χ3v) is 2.94. The van der Waals surface area contributed by atoms with Crippen LogP contribution in [0.25, 0.3) is 0 Å². The molecule has 0 aromatic carbocycles. The number of rotatable bonds is 2. The van der Waals surface area contributed by atoms with E-state index in [0.29, 0.717) is 18.8 Å². The van der Waals surface area contributed by atoms with Gasteiger partial charge in [0.1, 0.15) is 5.69 Å². The number of aromatic nitrogens is 1.